The van der Waals surface area contributed by atoms with Crippen LogP contribution in [-0.4, -0.2) is 29.7 Å². The summed E-state index contributed by atoms with van der Waals surface area (Å²) in [6.07, 6.45) is 1.98. The highest BCUT2D eigenvalue weighted by atomic mass is 32.2. The maximum absolute atomic E-state index is 5.20. The molecule has 1 heterocycles. The van der Waals surface area contributed by atoms with Crippen molar-refractivity contribution in [3.8, 4) is 0 Å². The summed E-state index contributed by atoms with van der Waals surface area (Å²) < 4.78 is 4.19. The van der Waals surface area contributed by atoms with Crippen LogP contribution in [0.5, 0.6) is 0 Å². The second kappa shape index (κ2) is 4.30. The van der Waals surface area contributed by atoms with Crippen LogP contribution in [0, 0.1) is 4.77 Å². The number of aromatic nitrogens is 2. The first-order valence-corrected chi connectivity index (χ1v) is 5.71. The Morgan fingerprint density at radius 3 is 2.15 bits per heavy atom. The van der Waals surface area contributed by atoms with Gasteiger partial charge in [0, 0.05) is 14.1 Å². The summed E-state index contributed by atoms with van der Waals surface area (Å²) >= 11 is 11.2. The van der Waals surface area contributed by atoms with Gasteiger partial charge in [-0.3, -0.25) is 0 Å². The molecule has 1 aromatic heterocycles. The molecule has 0 radical (unpaired) electrons. The quantitative estimate of drug-likeness (QED) is 0.421. The third kappa shape index (κ3) is 1.68. The largest absolute Gasteiger partial charge is 0.326 e. The lowest BCUT2D eigenvalue weighted by Crippen LogP contribution is -2.13. The minimum absolute atomic E-state index is 0.652. The number of thiol groups is 1. The molecule has 0 aliphatic carbocycles. The standard InChI is InChI=1S/C6H12N4S3/c1-7-9-4(11)5(13-3)10(8-2)6(9)12/h7-8,11H,1-3H3. The molecule has 2 N–H and O–H groups in total. The van der Waals surface area contributed by atoms with E-state index in [1.54, 1.807) is 28.2 Å². The van der Waals surface area contributed by atoms with Crippen molar-refractivity contribution < 1.29 is 0 Å². The Labute approximate surface area is 92.1 Å². The van der Waals surface area contributed by atoms with E-state index in [0.717, 1.165) is 10.1 Å². The van der Waals surface area contributed by atoms with Gasteiger partial charge in [0.25, 0.3) is 0 Å². The predicted octanol–water partition coefficient (Wildman–Crippen LogP) is 1.38. The minimum atomic E-state index is 0.652. The van der Waals surface area contributed by atoms with Crippen molar-refractivity contribution in [3.05, 3.63) is 4.77 Å². The molecule has 0 aliphatic heterocycles. The van der Waals surface area contributed by atoms with Crippen LogP contribution in [0.4, 0.5) is 0 Å². The molecule has 4 nitrogen and oxygen atoms in total. The molecule has 0 aliphatic rings. The Balaban J connectivity index is 3.42. The van der Waals surface area contributed by atoms with Gasteiger partial charge in [0.15, 0.2) is 0 Å². The zero-order chi connectivity index (χ0) is 10.0. The summed E-state index contributed by atoms with van der Waals surface area (Å²) in [7, 11) is 3.63. The van der Waals surface area contributed by atoms with Crippen LogP contribution >= 0.6 is 36.6 Å². The first kappa shape index (κ1) is 10.8. The number of nitrogens with zero attached hydrogens (tertiary/aromatic N) is 2. The van der Waals surface area contributed by atoms with Gasteiger partial charge in [0.2, 0.25) is 4.77 Å². The molecule has 0 aromatic carbocycles. The van der Waals surface area contributed by atoms with Crippen LogP contribution in [0.3, 0.4) is 0 Å². The summed E-state index contributed by atoms with van der Waals surface area (Å²) in [5, 5.41) is 1.81. The number of thioether (sulfide) groups is 1. The van der Waals surface area contributed by atoms with Gasteiger partial charge in [0.05, 0.1) is 0 Å². The summed E-state index contributed by atoms with van der Waals surface area (Å²) in [6.45, 7) is 0. The van der Waals surface area contributed by atoms with Gasteiger partial charge in [-0.2, -0.15) is 0 Å². The van der Waals surface area contributed by atoms with Gasteiger partial charge in [0.1, 0.15) is 10.1 Å². The predicted molar refractivity (Wildman–Crippen MR) is 62.9 cm³/mol. The topological polar surface area (TPSA) is 33.9 Å². The maximum Gasteiger partial charge on any atom is 0.219 e. The maximum atomic E-state index is 5.20. The van der Waals surface area contributed by atoms with Crippen molar-refractivity contribution in [3.63, 3.8) is 0 Å². The van der Waals surface area contributed by atoms with Crippen molar-refractivity contribution >= 4 is 36.6 Å². The molecule has 0 saturated heterocycles. The number of hydrogen-bond acceptors (Lipinski definition) is 5. The summed E-state index contributed by atoms with van der Waals surface area (Å²) in [6, 6.07) is 0. The molecular formula is C6H12N4S3. The fraction of sp³-hybridized carbons (Fsp3) is 0.500. The molecule has 1 aromatic rings. The molecule has 0 atom stereocenters. The number of nitrogens with one attached hydrogen (secondary N) is 2. The van der Waals surface area contributed by atoms with Crippen LogP contribution in [0.25, 0.3) is 0 Å². The molecule has 1 rings (SSSR count). The second-order valence-electron chi connectivity index (χ2n) is 2.23. The van der Waals surface area contributed by atoms with Gasteiger partial charge in [-0.05, 0) is 18.5 Å². The first-order valence-electron chi connectivity index (χ1n) is 3.63. The van der Waals surface area contributed by atoms with Crippen molar-refractivity contribution in [2.24, 2.45) is 0 Å². The Morgan fingerprint density at radius 1 is 1.31 bits per heavy atom. The van der Waals surface area contributed by atoms with Crippen molar-refractivity contribution in [2.75, 3.05) is 31.2 Å². The molecule has 0 spiro atoms. The van der Waals surface area contributed by atoms with E-state index in [1.165, 1.54) is 0 Å². The van der Waals surface area contributed by atoms with E-state index in [2.05, 4.69) is 23.5 Å². The lowest BCUT2D eigenvalue weighted by molar-refractivity contribution is 0.792. The highest BCUT2D eigenvalue weighted by Gasteiger charge is 2.12. The normalized spacial score (nSPS) is 10.2. The molecule has 74 valence electrons. The monoisotopic (exact) mass is 236 g/mol. The Morgan fingerprint density at radius 2 is 1.85 bits per heavy atom. The van der Waals surface area contributed by atoms with E-state index in [1.807, 2.05) is 13.3 Å². The van der Waals surface area contributed by atoms with Crippen LogP contribution in [0.15, 0.2) is 10.1 Å². The molecule has 0 saturated carbocycles. The third-order valence-electron chi connectivity index (χ3n) is 1.63. The Bertz CT molecular complexity index is 353. The molecular weight excluding hydrogens is 224 g/mol. The van der Waals surface area contributed by atoms with E-state index >= 15 is 0 Å². The first-order chi connectivity index (χ1) is 6.17. The fourth-order valence-electron chi connectivity index (χ4n) is 1.05. The summed E-state index contributed by atoms with van der Waals surface area (Å²) in [5.41, 5.74) is 5.95. The Hall–Kier alpha value is -0.270. The molecule has 0 amide bonds. The summed E-state index contributed by atoms with van der Waals surface area (Å²) in [5.74, 6) is 0. The van der Waals surface area contributed by atoms with Gasteiger partial charge >= 0.3 is 0 Å². The van der Waals surface area contributed by atoms with Crippen molar-refractivity contribution in [2.45, 2.75) is 10.1 Å². The molecule has 0 unspecified atom stereocenters. The highest BCUT2D eigenvalue weighted by Crippen LogP contribution is 2.24. The smallest absolute Gasteiger partial charge is 0.219 e. The summed E-state index contributed by atoms with van der Waals surface area (Å²) in [4.78, 5) is 0. The lowest BCUT2D eigenvalue weighted by Gasteiger charge is -2.02. The number of imidazole rings is 1. The average Bonchev–Trinajstić information content (AvgIpc) is 2.36. The Kier molecular flexibility index (Phi) is 3.57. The van der Waals surface area contributed by atoms with Crippen molar-refractivity contribution in [1.29, 1.82) is 0 Å². The highest BCUT2D eigenvalue weighted by molar-refractivity contribution is 7.99. The van der Waals surface area contributed by atoms with Gasteiger partial charge in [-0.15, -0.1) is 24.4 Å². The van der Waals surface area contributed by atoms with E-state index in [-0.39, 0.29) is 0 Å². The van der Waals surface area contributed by atoms with E-state index < -0.39 is 0 Å². The van der Waals surface area contributed by atoms with Crippen LogP contribution in [-0.2, 0) is 0 Å². The molecule has 0 fully saturated rings. The zero-order valence-corrected chi connectivity index (χ0v) is 10.2. The molecule has 13 heavy (non-hydrogen) atoms. The number of rotatable bonds is 3. The van der Waals surface area contributed by atoms with Crippen LogP contribution in [0.2, 0.25) is 0 Å². The van der Waals surface area contributed by atoms with Gasteiger partial charge in [-0.1, -0.05) is 0 Å². The average molecular weight is 236 g/mol. The van der Waals surface area contributed by atoms with E-state index in [4.69, 9.17) is 12.2 Å². The fourth-order valence-corrected chi connectivity index (χ4v) is 2.75. The lowest BCUT2D eigenvalue weighted by atomic mass is 10.9. The van der Waals surface area contributed by atoms with Crippen LogP contribution in [0.1, 0.15) is 0 Å². The zero-order valence-electron chi connectivity index (χ0n) is 7.66. The van der Waals surface area contributed by atoms with Gasteiger partial charge < -0.3 is 10.9 Å². The molecule has 7 heteroatoms. The van der Waals surface area contributed by atoms with E-state index in [0.29, 0.717) is 4.77 Å². The van der Waals surface area contributed by atoms with E-state index in [9.17, 15) is 0 Å². The van der Waals surface area contributed by atoms with Crippen molar-refractivity contribution in [1.82, 2.24) is 9.35 Å². The third-order valence-corrected chi connectivity index (χ3v) is 3.32. The minimum Gasteiger partial charge on any atom is -0.326 e. The van der Waals surface area contributed by atoms with Crippen LogP contribution < -0.4 is 10.9 Å². The second-order valence-corrected chi connectivity index (χ2v) is 3.82. The van der Waals surface area contributed by atoms with Gasteiger partial charge in [-0.25, -0.2) is 9.35 Å². The SMILES string of the molecule is CNn1c(S)c(SC)n(NC)c1=S. The molecule has 0 bridgehead atoms. The number of hydrogen-bond donors (Lipinski definition) is 3.